The minimum absolute atomic E-state index is 0.0164. The van der Waals surface area contributed by atoms with Crippen molar-refractivity contribution in [3.8, 4) is 11.5 Å². The lowest BCUT2D eigenvalue weighted by Crippen LogP contribution is -2.29. The summed E-state index contributed by atoms with van der Waals surface area (Å²) in [5, 5.41) is 10.3. The van der Waals surface area contributed by atoms with E-state index in [9.17, 15) is 9.59 Å². The predicted octanol–water partition coefficient (Wildman–Crippen LogP) is 5.80. The van der Waals surface area contributed by atoms with Gasteiger partial charge in [0.05, 0.1) is 30.2 Å². The van der Waals surface area contributed by atoms with Crippen molar-refractivity contribution in [2.75, 3.05) is 18.1 Å². The summed E-state index contributed by atoms with van der Waals surface area (Å²) >= 11 is 7.48. The summed E-state index contributed by atoms with van der Waals surface area (Å²) < 4.78 is 17.7. The van der Waals surface area contributed by atoms with E-state index in [0.717, 1.165) is 11.4 Å². The van der Waals surface area contributed by atoms with Gasteiger partial charge in [0.25, 0.3) is 5.91 Å². The second-order valence-corrected chi connectivity index (χ2v) is 9.69. The van der Waals surface area contributed by atoms with Crippen molar-refractivity contribution in [1.82, 2.24) is 10.2 Å². The normalized spacial score (nSPS) is 14.9. The SMILES string of the molecule is CCCOc1ccc(C2c3c(oc4ccc(Cl)cc4c3=O)C(=O)N2c2nnc(CC)s2)cc1OCC. The van der Waals surface area contributed by atoms with Crippen LogP contribution < -0.4 is 19.8 Å². The zero-order valence-corrected chi connectivity index (χ0v) is 21.6. The van der Waals surface area contributed by atoms with Gasteiger partial charge in [0.1, 0.15) is 10.6 Å². The first-order valence-corrected chi connectivity index (χ1v) is 13.0. The summed E-state index contributed by atoms with van der Waals surface area (Å²) in [6.07, 6.45) is 1.52. The third kappa shape index (κ3) is 4.12. The van der Waals surface area contributed by atoms with Crippen LogP contribution in [0, 0.1) is 0 Å². The van der Waals surface area contributed by atoms with Crippen LogP contribution in [-0.4, -0.2) is 29.3 Å². The number of nitrogens with zero attached hydrogens (tertiary/aromatic N) is 3. The Hall–Kier alpha value is -3.43. The average Bonchev–Trinajstić information content (AvgIpc) is 3.46. The average molecular weight is 526 g/mol. The summed E-state index contributed by atoms with van der Waals surface area (Å²) in [5.41, 5.74) is 0.866. The largest absolute Gasteiger partial charge is 0.490 e. The van der Waals surface area contributed by atoms with Gasteiger partial charge < -0.3 is 13.9 Å². The highest BCUT2D eigenvalue weighted by atomic mass is 35.5. The van der Waals surface area contributed by atoms with Crippen LogP contribution >= 0.6 is 22.9 Å². The molecule has 1 unspecified atom stereocenters. The van der Waals surface area contributed by atoms with E-state index in [4.69, 9.17) is 25.5 Å². The maximum absolute atomic E-state index is 13.8. The molecule has 0 spiro atoms. The van der Waals surface area contributed by atoms with Crippen LogP contribution in [0.4, 0.5) is 5.13 Å². The Labute approximate surface area is 216 Å². The van der Waals surface area contributed by atoms with E-state index < -0.39 is 11.9 Å². The fourth-order valence-electron chi connectivity index (χ4n) is 4.24. The molecule has 3 heterocycles. The first-order valence-electron chi connectivity index (χ1n) is 11.8. The van der Waals surface area contributed by atoms with E-state index in [0.29, 0.717) is 57.8 Å². The summed E-state index contributed by atoms with van der Waals surface area (Å²) in [4.78, 5) is 29.0. The molecule has 5 rings (SSSR count). The third-order valence-corrected chi connectivity index (χ3v) is 7.14. The molecule has 186 valence electrons. The van der Waals surface area contributed by atoms with Gasteiger partial charge in [-0.15, -0.1) is 10.2 Å². The molecule has 8 nitrogen and oxygen atoms in total. The van der Waals surface area contributed by atoms with Crippen LogP contribution in [0.3, 0.4) is 0 Å². The second kappa shape index (κ2) is 9.91. The van der Waals surface area contributed by atoms with Crippen molar-refractivity contribution in [1.29, 1.82) is 0 Å². The lowest BCUT2D eigenvalue weighted by Gasteiger charge is -2.23. The lowest BCUT2D eigenvalue weighted by atomic mass is 9.98. The molecule has 0 saturated heterocycles. The van der Waals surface area contributed by atoms with Gasteiger partial charge in [-0.3, -0.25) is 14.5 Å². The summed E-state index contributed by atoms with van der Waals surface area (Å²) in [7, 11) is 0. The number of halogens is 1. The number of hydrogen-bond donors (Lipinski definition) is 0. The fraction of sp³-hybridized carbons (Fsp3) is 0.308. The molecular weight excluding hydrogens is 502 g/mol. The summed E-state index contributed by atoms with van der Waals surface area (Å²) in [6.45, 7) is 6.84. The zero-order chi connectivity index (χ0) is 25.4. The number of fused-ring (bicyclic) bond motifs is 2. The Morgan fingerprint density at radius 2 is 1.89 bits per heavy atom. The van der Waals surface area contributed by atoms with Crippen LogP contribution in [0.5, 0.6) is 11.5 Å². The van der Waals surface area contributed by atoms with Crippen LogP contribution in [0.1, 0.15) is 59.9 Å². The van der Waals surface area contributed by atoms with Gasteiger partial charge in [-0.2, -0.15) is 0 Å². The lowest BCUT2D eigenvalue weighted by molar-refractivity contribution is 0.0970. The van der Waals surface area contributed by atoms with E-state index in [2.05, 4.69) is 10.2 Å². The Bertz CT molecular complexity index is 1520. The number of carbonyl (C=O) groups is 1. The number of anilines is 1. The molecule has 36 heavy (non-hydrogen) atoms. The molecule has 1 atom stereocenters. The van der Waals surface area contributed by atoms with Gasteiger partial charge >= 0.3 is 0 Å². The first kappa shape index (κ1) is 24.3. The Balaban J connectivity index is 1.74. The van der Waals surface area contributed by atoms with Crippen molar-refractivity contribution in [3.05, 3.63) is 73.5 Å². The minimum atomic E-state index is -0.788. The first-order chi connectivity index (χ1) is 17.5. The topological polar surface area (TPSA) is 94.8 Å². The van der Waals surface area contributed by atoms with Gasteiger partial charge in [-0.25, -0.2) is 0 Å². The number of amides is 1. The second-order valence-electron chi connectivity index (χ2n) is 8.21. The number of hydrogen-bond acceptors (Lipinski definition) is 8. The Morgan fingerprint density at radius 3 is 2.61 bits per heavy atom. The van der Waals surface area contributed by atoms with Gasteiger partial charge in [-0.05, 0) is 55.7 Å². The number of aryl methyl sites for hydroxylation is 1. The summed E-state index contributed by atoms with van der Waals surface area (Å²) in [5.74, 6) is 0.661. The molecule has 1 amide bonds. The number of aromatic nitrogens is 2. The standard InChI is InChI=1S/C26H24ClN3O5S/c1-4-11-34-18-9-7-14(12-19(18)33-6-3)22-21-23(31)16-13-15(27)8-10-17(16)35-24(21)25(32)30(22)26-29-28-20(5-2)36-26/h7-10,12-13,22H,4-6,11H2,1-3H3. The highest BCUT2D eigenvalue weighted by Crippen LogP contribution is 2.44. The van der Waals surface area contributed by atoms with E-state index in [1.165, 1.54) is 16.2 Å². The monoisotopic (exact) mass is 525 g/mol. The van der Waals surface area contributed by atoms with Gasteiger partial charge in [0.15, 0.2) is 16.9 Å². The molecule has 4 aromatic rings. The Morgan fingerprint density at radius 1 is 1.06 bits per heavy atom. The number of carbonyl (C=O) groups excluding carboxylic acids is 1. The molecule has 2 aromatic carbocycles. The van der Waals surface area contributed by atoms with Crippen molar-refractivity contribution in [3.63, 3.8) is 0 Å². The van der Waals surface area contributed by atoms with Crippen molar-refractivity contribution >= 4 is 44.9 Å². The van der Waals surface area contributed by atoms with Crippen LogP contribution in [0.15, 0.2) is 45.6 Å². The molecule has 2 aromatic heterocycles. The molecule has 0 bridgehead atoms. The Kier molecular flexibility index (Phi) is 6.68. The molecule has 0 aliphatic carbocycles. The number of ether oxygens (including phenoxy) is 2. The van der Waals surface area contributed by atoms with Crippen LogP contribution in [0.25, 0.3) is 11.0 Å². The molecule has 10 heteroatoms. The zero-order valence-electron chi connectivity index (χ0n) is 20.0. The van der Waals surface area contributed by atoms with E-state index in [1.807, 2.05) is 26.8 Å². The molecule has 0 saturated carbocycles. The highest BCUT2D eigenvalue weighted by Gasteiger charge is 2.45. The predicted molar refractivity (Wildman–Crippen MR) is 139 cm³/mol. The van der Waals surface area contributed by atoms with E-state index >= 15 is 0 Å². The van der Waals surface area contributed by atoms with Gasteiger partial charge in [0, 0.05) is 5.02 Å². The van der Waals surface area contributed by atoms with Crippen molar-refractivity contribution in [2.24, 2.45) is 0 Å². The van der Waals surface area contributed by atoms with Crippen LogP contribution in [0.2, 0.25) is 5.02 Å². The minimum Gasteiger partial charge on any atom is -0.490 e. The van der Waals surface area contributed by atoms with Crippen molar-refractivity contribution in [2.45, 2.75) is 39.7 Å². The highest BCUT2D eigenvalue weighted by molar-refractivity contribution is 7.15. The maximum Gasteiger partial charge on any atom is 0.297 e. The number of rotatable bonds is 8. The quantitative estimate of drug-likeness (QED) is 0.287. The molecule has 1 aliphatic rings. The fourth-order valence-corrected chi connectivity index (χ4v) is 5.21. The maximum atomic E-state index is 13.8. The third-order valence-electron chi connectivity index (χ3n) is 5.84. The van der Waals surface area contributed by atoms with Crippen LogP contribution in [-0.2, 0) is 6.42 Å². The molecule has 0 radical (unpaired) electrons. The molecular formula is C26H24ClN3O5S. The number of benzene rings is 2. The molecule has 0 N–H and O–H groups in total. The summed E-state index contributed by atoms with van der Waals surface area (Å²) in [6, 6.07) is 9.42. The van der Waals surface area contributed by atoms with E-state index in [1.54, 1.807) is 30.3 Å². The van der Waals surface area contributed by atoms with Gasteiger partial charge in [0.2, 0.25) is 10.9 Å². The van der Waals surface area contributed by atoms with E-state index in [-0.39, 0.29) is 16.8 Å². The van der Waals surface area contributed by atoms with Crippen molar-refractivity contribution < 1.29 is 18.7 Å². The smallest absolute Gasteiger partial charge is 0.297 e. The molecule has 0 fully saturated rings. The van der Waals surface area contributed by atoms with Gasteiger partial charge in [-0.1, -0.05) is 42.9 Å². The molecule has 1 aliphatic heterocycles.